The van der Waals surface area contributed by atoms with E-state index in [0.717, 1.165) is 25.7 Å². The van der Waals surface area contributed by atoms with Crippen LogP contribution in [-0.2, 0) is 16.1 Å². The van der Waals surface area contributed by atoms with E-state index in [4.69, 9.17) is 9.47 Å². The van der Waals surface area contributed by atoms with Crippen LogP contribution in [-0.4, -0.2) is 63.1 Å². The van der Waals surface area contributed by atoms with Crippen LogP contribution in [0.2, 0.25) is 0 Å². The van der Waals surface area contributed by atoms with Gasteiger partial charge in [-0.05, 0) is 74.5 Å². The lowest BCUT2D eigenvalue weighted by molar-refractivity contribution is -0.146. The molecule has 0 bridgehead atoms. The van der Waals surface area contributed by atoms with E-state index < -0.39 is 18.1 Å². The molecule has 2 aromatic carbocycles. The topological polar surface area (TPSA) is 115 Å². The SMILES string of the molecule is C=Cc1cnc2c(Nc3cccc(-c4cccc(-c5cnc(CN(C)C6CCC(C(=O)OC)CC6)c(OC)n5)c4F)c3C)nc(C(F)F)nc2c1. The van der Waals surface area contributed by atoms with E-state index in [-0.39, 0.29) is 34.8 Å². The standard InChI is InChI=1S/C38H38F3N7O3/c1-6-22-17-29-33(43-18-22)35(47-36(45-29)34(40)41)44-28-12-8-9-25(21(28)2)26-10-7-11-27(32(26)39)30-19-42-31(37(46-30)50-4)20-48(3)24-15-13-23(14-16-24)38(49)51-5/h6-12,17-19,23-24,34H,1,13-16,20H2,2-5H3,(H,44,45,47). The highest BCUT2D eigenvalue weighted by Crippen LogP contribution is 2.37. The van der Waals surface area contributed by atoms with Gasteiger partial charge in [0.05, 0.1) is 37.5 Å². The number of anilines is 2. The molecule has 5 aromatic rings. The van der Waals surface area contributed by atoms with Crippen LogP contribution in [0.5, 0.6) is 5.88 Å². The number of hydrogen-bond donors (Lipinski definition) is 1. The molecule has 0 amide bonds. The van der Waals surface area contributed by atoms with Crippen molar-refractivity contribution in [1.29, 1.82) is 0 Å². The second-order valence-corrected chi connectivity index (χ2v) is 12.5. The van der Waals surface area contributed by atoms with Crippen molar-refractivity contribution in [1.82, 2.24) is 29.8 Å². The molecule has 10 nitrogen and oxygen atoms in total. The number of pyridine rings is 1. The van der Waals surface area contributed by atoms with Crippen molar-refractivity contribution in [2.75, 3.05) is 26.6 Å². The zero-order valence-electron chi connectivity index (χ0n) is 28.8. The lowest BCUT2D eigenvalue weighted by Crippen LogP contribution is -2.36. The molecule has 0 spiro atoms. The fourth-order valence-electron chi connectivity index (χ4n) is 6.56. The van der Waals surface area contributed by atoms with Crippen LogP contribution >= 0.6 is 0 Å². The first-order valence-electron chi connectivity index (χ1n) is 16.5. The molecular formula is C38H38F3N7O3. The van der Waals surface area contributed by atoms with Gasteiger partial charge in [0, 0.05) is 35.6 Å². The number of rotatable bonds is 11. The molecule has 13 heteroatoms. The van der Waals surface area contributed by atoms with Crippen LogP contribution in [0, 0.1) is 18.7 Å². The van der Waals surface area contributed by atoms with Crippen molar-refractivity contribution in [2.45, 2.75) is 51.6 Å². The molecule has 1 aliphatic carbocycles. The Bertz CT molecular complexity index is 2090. The van der Waals surface area contributed by atoms with E-state index >= 15 is 4.39 Å². The lowest BCUT2D eigenvalue weighted by Gasteiger charge is -2.33. The Kier molecular flexibility index (Phi) is 10.6. The second-order valence-electron chi connectivity index (χ2n) is 12.5. The minimum atomic E-state index is -2.90. The number of halogens is 3. The summed E-state index contributed by atoms with van der Waals surface area (Å²) in [5.74, 6) is -0.974. The van der Waals surface area contributed by atoms with Crippen molar-refractivity contribution >= 4 is 34.6 Å². The van der Waals surface area contributed by atoms with Gasteiger partial charge in [0.1, 0.15) is 17.0 Å². The van der Waals surface area contributed by atoms with Gasteiger partial charge < -0.3 is 14.8 Å². The molecule has 0 radical (unpaired) electrons. The molecule has 264 valence electrons. The van der Waals surface area contributed by atoms with E-state index in [0.29, 0.717) is 57.3 Å². The number of hydrogen-bond acceptors (Lipinski definition) is 10. The minimum Gasteiger partial charge on any atom is -0.480 e. The highest BCUT2D eigenvalue weighted by atomic mass is 19.3. The highest BCUT2D eigenvalue weighted by molar-refractivity contribution is 5.89. The molecule has 3 heterocycles. The Balaban J connectivity index is 1.26. The maximum atomic E-state index is 16.4. The maximum Gasteiger partial charge on any atom is 0.308 e. The molecule has 0 saturated heterocycles. The number of nitrogens with zero attached hydrogens (tertiary/aromatic N) is 6. The van der Waals surface area contributed by atoms with Gasteiger partial charge in [0.15, 0.2) is 11.6 Å². The number of carbonyl (C=O) groups is 1. The van der Waals surface area contributed by atoms with Crippen molar-refractivity contribution in [3.05, 3.63) is 89.9 Å². The summed E-state index contributed by atoms with van der Waals surface area (Å²) in [4.78, 5) is 35.8. The van der Waals surface area contributed by atoms with E-state index in [9.17, 15) is 13.6 Å². The van der Waals surface area contributed by atoms with E-state index in [1.54, 1.807) is 67.9 Å². The third-order valence-electron chi connectivity index (χ3n) is 9.42. The molecular weight excluding hydrogens is 659 g/mol. The van der Waals surface area contributed by atoms with Crippen molar-refractivity contribution in [3.63, 3.8) is 0 Å². The summed E-state index contributed by atoms with van der Waals surface area (Å²) in [6.45, 7) is 5.99. The van der Waals surface area contributed by atoms with Gasteiger partial charge in [-0.3, -0.25) is 19.7 Å². The first-order valence-corrected chi connectivity index (χ1v) is 16.5. The zero-order valence-corrected chi connectivity index (χ0v) is 28.8. The van der Waals surface area contributed by atoms with Crippen LogP contribution in [0.4, 0.5) is 24.7 Å². The number of nitrogens with one attached hydrogen (secondary N) is 1. The van der Waals surface area contributed by atoms with Gasteiger partial charge in [-0.25, -0.2) is 28.1 Å². The summed E-state index contributed by atoms with van der Waals surface area (Å²) >= 11 is 0. The Morgan fingerprint density at radius 3 is 2.45 bits per heavy atom. The third kappa shape index (κ3) is 7.39. The normalized spacial score (nSPS) is 16.0. The van der Waals surface area contributed by atoms with Crippen molar-refractivity contribution in [2.24, 2.45) is 5.92 Å². The Hall–Kier alpha value is -5.43. The van der Waals surface area contributed by atoms with Crippen LogP contribution in [0.3, 0.4) is 0 Å². The molecule has 6 rings (SSSR count). The Labute approximate surface area is 293 Å². The first-order chi connectivity index (χ1) is 24.6. The number of ether oxygens (including phenoxy) is 2. The van der Waals surface area contributed by atoms with E-state index in [1.807, 2.05) is 7.05 Å². The van der Waals surface area contributed by atoms with Crippen LogP contribution in [0.15, 0.2) is 61.4 Å². The molecule has 1 fully saturated rings. The fourth-order valence-corrected chi connectivity index (χ4v) is 6.56. The Morgan fingerprint density at radius 1 is 1.02 bits per heavy atom. The number of alkyl halides is 2. The van der Waals surface area contributed by atoms with Crippen molar-refractivity contribution in [3.8, 4) is 28.3 Å². The summed E-state index contributed by atoms with van der Waals surface area (Å²) in [6, 6.07) is 12.2. The molecule has 1 saturated carbocycles. The molecule has 0 unspecified atom stereocenters. The predicted octanol–water partition coefficient (Wildman–Crippen LogP) is 8.09. The van der Waals surface area contributed by atoms with E-state index in [2.05, 4.69) is 41.7 Å². The molecule has 1 N–H and O–H groups in total. The Morgan fingerprint density at radius 2 is 1.75 bits per heavy atom. The summed E-state index contributed by atoms with van der Waals surface area (Å²) in [7, 11) is 4.94. The average molecular weight is 698 g/mol. The van der Waals surface area contributed by atoms with Crippen molar-refractivity contribution < 1.29 is 27.4 Å². The number of fused-ring (bicyclic) bond motifs is 1. The van der Waals surface area contributed by atoms with Crippen LogP contribution < -0.4 is 10.1 Å². The highest BCUT2D eigenvalue weighted by Gasteiger charge is 2.29. The third-order valence-corrected chi connectivity index (χ3v) is 9.42. The summed E-state index contributed by atoms with van der Waals surface area (Å²) in [5.41, 5.74) is 4.41. The summed E-state index contributed by atoms with van der Waals surface area (Å²) < 4.78 is 54.5. The molecule has 0 aliphatic heterocycles. The van der Waals surface area contributed by atoms with Gasteiger partial charge in [0.2, 0.25) is 5.88 Å². The number of esters is 1. The van der Waals surface area contributed by atoms with Gasteiger partial charge in [-0.1, -0.05) is 36.9 Å². The molecule has 3 aromatic heterocycles. The van der Waals surface area contributed by atoms with Gasteiger partial charge >= 0.3 is 5.97 Å². The maximum absolute atomic E-state index is 16.4. The molecule has 0 atom stereocenters. The number of carbonyl (C=O) groups excluding carboxylic acids is 1. The largest absolute Gasteiger partial charge is 0.480 e. The smallest absolute Gasteiger partial charge is 0.308 e. The summed E-state index contributed by atoms with van der Waals surface area (Å²) in [6.07, 6.45) is 5.00. The van der Waals surface area contributed by atoms with Gasteiger partial charge in [-0.15, -0.1) is 0 Å². The van der Waals surface area contributed by atoms with Gasteiger partial charge in [0.25, 0.3) is 6.43 Å². The number of benzene rings is 2. The number of aromatic nitrogens is 5. The fraction of sp³-hybridized carbons (Fsp3) is 0.316. The number of methoxy groups -OCH3 is 2. The lowest BCUT2D eigenvalue weighted by atomic mass is 9.85. The average Bonchev–Trinajstić information content (AvgIpc) is 3.15. The van der Waals surface area contributed by atoms with Crippen LogP contribution in [0.1, 0.15) is 54.8 Å². The molecule has 1 aliphatic rings. The van der Waals surface area contributed by atoms with Crippen LogP contribution in [0.25, 0.3) is 39.5 Å². The minimum absolute atomic E-state index is 0.0649. The monoisotopic (exact) mass is 697 g/mol. The van der Waals surface area contributed by atoms with Gasteiger partial charge in [-0.2, -0.15) is 0 Å². The molecule has 51 heavy (non-hydrogen) atoms. The van der Waals surface area contributed by atoms with E-state index in [1.165, 1.54) is 14.2 Å². The second kappa shape index (κ2) is 15.2. The zero-order chi connectivity index (χ0) is 36.2. The quantitative estimate of drug-likeness (QED) is 0.136. The predicted molar refractivity (Wildman–Crippen MR) is 189 cm³/mol. The summed E-state index contributed by atoms with van der Waals surface area (Å²) in [5, 5.41) is 3.14. The first kappa shape index (κ1) is 35.4.